The molecule has 0 aromatic heterocycles. The van der Waals surface area contributed by atoms with Gasteiger partial charge in [-0.15, -0.1) is 24.0 Å². The summed E-state index contributed by atoms with van der Waals surface area (Å²) in [4.78, 5) is 4.20. The standard InChI is InChI=1S/C19H25N3O2.HI/c1-15-8-10-17(11-9-15)24-18-7-5-4-6-16(18)14-22-19(20-2)21-12-13-23-3;/h4-11H,12-14H2,1-3H3,(H2,20,21,22);1H. The number of halogens is 1. The van der Waals surface area contributed by atoms with Crippen LogP contribution in [0.1, 0.15) is 11.1 Å². The molecule has 2 N–H and O–H groups in total. The van der Waals surface area contributed by atoms with Crippen LogP contribution in [0.15, 0.2) is 53.5 Å². The van der Waals surface area contributed by atoms with Crippen LogP contribution in [0.4, 0.5) is 0 Å². The second kappa shape index (κ2) is 11.7. The lowest BCUT2D eigenvalue weighted by Gasteiger charge is -2.14. The zero-order chi connectivity index (χ0) is 17.2. The molecule has 5 nitrogen and oxygen atoms in total. The zero-order valence-corrected chi connectivity index (χ0v) is 17.2. The molecule has 6 heteroatoms. The fourth-order valence-corrected chi connectivity index (χ4v) is 2.15. The molecule has 0 aliphatic heterocycles. The van der Waals surface area contributed by atoms with Crippen LogP contribution >= 0.6 is 24.0 Å². The molecule has 0 radical (unpaired) electrons. The predicted molar refractivity (Wildman–Crippen MR) is 113 cm³/mol. The van der Waals surface area contributed by atoms with Gasteiger partial charge in [-0.1, -0.05) is 35.9 Å². The van der Waals surface area contributed by atoms with Gasteiger partial charge in [0.1, 0.15) is 11.5 Å². The van der Waals surface area contributed by atoms with E-state index >= 15 is 0 Å². The molecule has 2 aromatic carbocycles. The summed E-state index contributed by atoms with van der Waals surface area (Å²) in [5.74, 6) is 2.40. The fraction of sp³-hybridized carbons (Fsp3) is 0.316. The number of hydrogen-bond acceptors (Lipinski definition) is 3. The van der Waals surface area contributed by atoms with E-state index in [2.05, 4.69) is 22.5 Å². The van der Waals surface area contributed by atoms with Crippen LogP contribution < -0.4 is 15.4 Å². The van der Waals surface area contributed by atoms with Crippen molar-refractivity contribution in [3.8, 4) is 11.5 Å². The molecule has 0 bridgehead atoms. The number of para-hydroxylation sites is 1. The number of benzene rings is 2. The van der Waals surface area contributed by atoms with Crippen molar-refractivity contribution in [2.75, 3.05) is 27.3 Å². The Kier molecular flexibility index (Phi) is 9.94. The summed E-state index contributed by atoms with van der Waals surface area (Å²) in [5.41, 5.74) is 2.27. The number of nitrogens with zero attached hydrogens (tertiary/aromatic N) is 1. The summed E-state index contributed by atoms with van der Waals surface area (Å²) >= 11 is 0. The van der Waals surface area contributed by atoms with Gasteiger partial charge in [-0.05, 0) is 25.1 Å². The minimum absolute atomic E-state index is 0. The van der Waals surface area contributed by atoms with E-state index in [9.17, 15) is 0 Å². The van der Waals surface area contributed by atoms with Crippen molar-refractivity contribution in [2.24, 2.45) is 4.99 Å². The lowest BCUT2D eigenvalue weighted by Crippen LogP contribution is -2.38. The molecule has 2 aromatic rings. The number of guanidine groups is 1. The van der Waals surface area contributed by atoms with Crippen molar-refractivity contribution >= 4 is 29.9 Å². The molecule has 0 aliphatic carbocycles. The van der Waals surface area contributed by atoms with Gasteiger partial charge >= 0.3 is 0 Å². The molecular formula is C19H26IN3O2. The van der Waals surface area contributed by atoms with Crippen molar-refractivity contribution in [2.45, 2.75) is 13.5 Å². The van der Waals surface area contributed by atoms with E-state index < -0.39 is 0 Å². The number of ether oxygens (including phenoxy) is 2. The number of nitrogens with one attached hydrogen (secondary N) is 2. The second-order valence-electron chi connectivity index (χ2n) is 5.37. The maximum atomic E-state index is 6.01. The maximum absolute atomic E-state index is 6.01. The Morgan fingerprint density at radius 3 is 2.44 bits per heavy atom. The number of aliphatic imine (C=N–C) groups is 1. The Balaban J connectivity index is 0.00000312. The van der Waals surface area contributed by atoms with E-state index in [0.29, 0.717) is 19.7 Å². The first-order chi connectivity index (χ1) is 11.7. The van der Waals surface area contributed by atoms with Crippen LogP contribution in [0.2, 0.25) is 0 Å². The first kappa shape index (κ1) is 21.2. The van der Waals surface area contributed by atoms with Crippen molar-refractivity contribution < 1.29 is 9.47 Å². The summed E-state index contributed by atoms with van der Waals surface area (Å²) in [6, 6.07) is 16.0. The Hall–Kier alpha value is -1.80. The molecule has 25 heavy (non-hydrogen) atoms. The van der Waals surface area contributed by atoms with E-state index in [1.54, 1.807) is 14.2 Å². The highest BCUT2D eigenvalue weighted by atomic mass is 127. The molecular weight excluding hydrogens is 429 g/mol. The van der Waals surface area contributed by atoms with Gasteiger partial charge in [-0.3, -0.25) is 4.99 Å². The lowest BCUT2D eigenvalue weighted by atomic mass is 10.2. The molecule has 0 atom stereocenters. The van der Waals surface area contributed by atoms with Crippen LogP contribution in [-0.2, 0) is 11.3 Å². The highest BCUT2D eigenvalue weighted by Gasteiger charge is 2.05. The minimum Gasteiger partial charge on any atom is -0.457 e. The van der Waals surface area contributed by atoms with E-state index in [0.717, 1.165) is 23.0 Å². The van der Waals surface area contributed by atoms with E-state index in [4.69, 9.17) is 9.47 Å². The topological polar surface area (TPSA) is 54.9 Å². The van der Waals surface area contributed by atoms with E-state index in [1.165, 1.54) is 5.56 Å². The van der Waals surface area contributed by atoms with Crippen molar-refractivity contribution in [1.29, 1.82) is 0 Å². The van der Waals surface area contributed by atoms with Crippen LogP contribution in [0.3, 0.4) is 0 Å². The number of hydrogen-bond donors (Lipinski definition) is 2. The summed E-state index contributed by atoms with van der Waals surface area (Å²) in [5, 5.41) is 6.47. The summed E-state index contributed by atoms with van der Waals surface area (Å²) in [7, 11) is 3.42. The highest BCUT2D eigenvalue weighted by Crippen LogP contribution is 2.25. The molecule has 0 fully saturated rings. The van der Waals surface area contributed by atoms with Gasteiger partial charge in [0.05, 0.1) is 6.61 Å². The molecule has 0 unspecified atom stereocenters. The van der Waals surface area contributed by atoms with Crippen molar-refractivity contribution in [3.05, 3.63) is 59.7 Å². The monoisotopic (exact) mass is 455 g/mol. The molecule has 136 valence electrons. The number of aryl methyl sites for hydroxylation is 1. The smallest absolute Gasteiger partial charge is 0.191 e. The van der Waals surface area contributed by atoms with Gasteiger partial charge in [0.15, 0.2) is 5.96 Å². The normalized spacial score (nSPS) is 10.8. The molecule has 2 rings (SSSR count). The van der Waals surface area contributed by atoms with Gasteiger partial charge < -0.3 is 20.1 Å². The summed E-state index contributed by atoms with van der Waals surface area (Å²) < 4.78 is 11.0. The molecule has 0 saturated heterocycles. The number of methoxy groups -OCH3 is 1. The van der Waals surface area contributed by atoms with Crippen LogP contribution in [0.25, 0.3) is 0 Å². The molecule has 0 heterocycles. The lowest BCUT2D eigenvalue weighted by molar-refractivity contribution is 0.203. The summed E-state index contributed by atoms with van der Waals surface area (Å²) in [6.07, 6.45) is 0. The van der Waals surface area contributed by atoms with Crippen LogP contribution in [0.5, 0.6) is 11.5 Å². The van der Waals surface area contributed by atoms with Gasteiger partial charge in [0, 0.05) is 32.8 Å². The quantitative estimate of drug-likeness (QED) is 0.289. The maximum Gasteiger partial charge on any atom is 0.191 e. The molecule has 0 saturated carbocycles. The third-order valence-corrected chi connectivity index (χ3v) is 3.49. The molecule has 0 aliphatic rings. The highest BCUT2D eigenvalue weighted by molar-refractivity contribution is 14.0. The third-order valence-electron chi connectivity index (χ3n) is 3.49. The van der Waals surface area contributed by atoms with Crippen molar-refractivity contribution in [3.63, 3.8) is 0 Å². The Morgan fingerprint density at radius 2 is 1.76 bits per heavy atom. The first-order valence-corrected chi connectivity index (χ1v) is 7.99. The minimum atomic E-state index is 0. The van der Waals surface area contributed by atoms with E-state index in [-0.39, 0.29) is 24.0 Å². The third kappa shape index (κ3) is 7.31. The van der Waals surface area contributed by atoms with Gasteiger partial charge in [-0.25, -0.2) is 0 Å². The first-order valence-electron chi connectivity index (χ1n) is 7.99. The van der Waals surface area contributed by atoms with Gasteiger partial charge in [-0.2, -0.15) is 0 Å². The van der Waals surface area contributed by atoms with Gasteiger partial charge in [0.2, 0.25) is 0 Å². The molecule has 0 spiro atoms. The van der Waals surface area contributed by atoms with Crippen molar-refractivity contribution in [1.82, 2.24) is 10.6 Å². The average Bonchev–Trinajstić information content (AvgIpc) is 2.61. The summed E-state index contributed by atoms with van der Waals surface area (Å²) in [6.45, 7) is 4.02. The largest absolute Gasteiger partial charge is 0.457 e. The Morgan fingerprint density at radius 1 is 1.04 bits per heavy atom. The average molecular weight is 455 g/mol. The second-order valence-corrected chi connectivity index (χ2v) is 5.37. The fourth-order valence-electron chi connectivity index (χ4n) is 2.15. The zero-order valence-electron chi connectivity index (χ0n) is 14.9. The Labute approximate surface area is 166 Å². The predicted octanol–water partition coefficient (Wildman–Crippen LogP) is 3.72. The van der Waals surface area contributed by atoms with E-state index in [1.807, 2.05) is 48.5 Å². The Bertz CT molecular complexity index is 660. The number of rotatable bonds is 7. The SMILES string of the molecule is CN=C(NCCOC)NCc1ccccc1Oc1ccc(C)cc1.I. The van der Waals surface area contributed by atoms with Crippen LogP contribution in [0, 0.1) is 6.92 Å². The van der Waals surface area contributed by atoms with Crippen LogP contribution in [-0.4, -0.2) is 33.3 Å². The molecule has 0 amide bonds. The van der Waals surface area contributed by atoms with Gasteiger partial charge in [0.25, 0.3) is 0 Å².